The van der Waals surface area contributed by atoms with Gasteiger partial charge in [-0.1, -0.05) is 17.7 Å². The van der Waals surface area contributed by atoms with E-state index in [4.69, 9.17) is 11.6 Å². The van der Waals surface area contributed by atoms with Crippen molar-refractivity contribution in [3.8, 4) is 0 Å². The second-order valence-electron chi connectivity index (χ2n) is 4.46. The highest BCUT2D eigenvalue weighted by Crippen LogP contribution is 2.27. The fourth-order valence-electron chi connectivity index (χ4n) is 2.14. The van der Waals surface area contributed by atoms with Crippen LogP contribution in [0.15, 0.2) is 18.2 Å². The quantitative estimate of drug-likeness (QED) is 0.858. The number of para-hydroxylation sites is 1. The SMILES string of the molecule is CC1CC(Nc2c(F)cccc2Cl)CN1C. The van der Waals surface area contributed by atoms with Crippen molar-refractivity contribution in [3.05, 3.63) is 29.0 Å². The molecule has 0 spiro atoms. The van der Waals surface area contributed by atoms with Gasteiger partial charge in [-0.15, -0.1) is 0 Å². The molecule has 1 aliphatic heterocycles. The normalized spacial score (nSPS) is 26.0. The Morgan fingerprint density at radius 1 is 1.50 bits per heavy atom. The van der Waals surface area contributed by atoms with Crippen LogP contribution < -0.4 is 5.32 Å². The Morgan fingerprint density at radius 3 is 2.81 bits per heavy atom. The summed E-state index contributed by atoms with van der Waals surface area (Å²) >= 11 is 5.96. The van der Waals surface area contributed by atoms with Crippen molar-refractivity contribution >= 4 is 17.3 Å². The van der Waals surface area contributed by atoms with Gasteiger partial charge >= 0.3 is 0 Å². The molecule has 1 aliphatic rings. The number of likely N-dealkylation sites (tertiary alicyclic amines) is 1. The molecular weight excluding hydrogens is 227 g/mol. The number of benzene rings is 1. The predicted octanol–water partition coefficient (Wildman–Crippen LogP) is 2.98. The van der Waals surface area contributed by atoms with E-state index in [2.05, 4.69) is 24.2 Å². The minimum absolute atomic E-state index is 0.273. The van der Waals surface area contributed by atoms with Crippen LogP contribution in [0.2, 0.25) is 5.02 Å². The molecule has 0 bridgehead atoms. The van der Waals surface area contributed by atoms with Crippen LogP contribution in [0.1, 0.15) is 13.3 Å². The van der Waals surface area contributed by atoms with Crippen molar-refractivity contribution in [2.45, 2.75) is 25.4 Å². The monoisotopic (exact) mass is 242 g/mol. The molecular formula is C12H16ClFN2. The standard InChI is InChI=1S/C12H16ClFN2/c1-8-6-9(7-16(8)2)15-12-10(13)4-3-5-11(12)14/h3-5,8-9,15H,6-7H2,1-2H3. The van der Waals surface area contributed by atoms with Crippen molar-refractivity contribution in [1.29, 1.82) is 0 Å². The molecule has 2 atom stereocenters. The number of rotatable bonds is 2. The van der Waals surface area contributed by atoms with E-state index < -0.39 is 0 Å². The van der Waals surface area contributed by atoms with Crippen LogP contribution in [-0.2, 0) is 0 Å². The van der Waals surface area contributed by atoms with Crippen molar-refractivity contribution in [1.82, 2.24) is 4.90 Å². The summed E-state index contributed by atoms with van der Waals surface area (Å²) in [6.45, 7) is 3.09. The average Bonchev–Trinajstić information content (AvgIpc) is 2.53. The molecule has 0 aromatic heterocycles. The first-order chi connectivity index (χ1) is 7.58. The Bertz CT molecular complexity index is 353. The lowest BCUT2D eigenvalue weighted by molar-refractivity contribution is 0.330. The lowest BCUT2D eigenvalue weighted by atomic mass is 10.2. The number of likely N-dealkylation sites (N-methyl/N-ethyl adjacent to an activating group) is 1. The number of nitrogens with one attached hydrogen (secondary N) is 1. The largest absolute Gasteiger partial charge is 0.377 e. The molecule has 1 saturated heterocycles. The molecule has 0 saturated carbocycles. The molecule has 16 heavy (non-hydrogen) atoms. The highest BCUT2D eigenvalue weighted by Gasteiger charge is 2.26. The molecule has 0 radical (unpaired) electrons. The molecule has 2 rings (SSSR count). The average molecular weight is 243 g/mol. The van der Waals surface area contributed by atoms with E-state index in [9.17, 15) is 4.39 Å². The molecule has 1 fully saturated rings. The van der Waals surface area contributed by atoms with E-state index in [0.717, 1.165) is 13.0 Å². The summed E-state index contributed by atoms with van der Waals surface area (Å²) in [6.07, 6.45) is 1.02. The number of hydrogen-bond donors (Lipinski definition) is 1. The summed E-state index contributed by atoms with van der Waals surface area (Å²) in [7, 11) is 2.08. The Balaban J connectivity index is 2.10. The highest BCUT2D eigenvalue weighted by atomic mass is 35.5. The van der Waals surface area contributed by atoms with E-state index in [0.29, 0.717) is 16.8 Å². The van der Waals surface area contributed by atoms with Gasteiger partial charge in [-0.3, -0.25) is 0 Å². The van der Waals surface area contributed by atoms with Gasteiger partial charge in [0.2, 0.25) is 0 Å². The van der Waals surface area contributed by atoms with Crippen molar-refractivity contribution in [2.24, 2.45) is 0 Å². The number of anilines is 1. The topological polar surface area (TPSA) is 15.3 Å². The van der Waals surface area contributed by atoms with Gasteiger partial charge in [0.1, 0.15) is 5.82 Å². The lowest BCUT2D eigenvalue weighted by Gasteiger charge is -2.15. The summed E-state index contributed by atoms with van der Waals surface area (Å²) in [5, 5.41) is 3.64. The van der Waals surface area contributed by atoms with Gasteiger partial charge in [0, 0.05) is 18.6 Å². The third-order valence-electron chi connectivity index (χ3n) is 3.20. The lowest BCUT2D eigenvalue weighted by Crippen LogP contribution is -2.25. The van der Waals surface area contributed by atoms with Crippen LogP contribution in [0.3, 0.4) is 0 Å². The number of halogens is 2. The summed E-state index contributed by atoms with van der Waals surface area (Å²) in [6, 6.07) is 5.55. The van der Waals surface area contributed by atoms with Gasteiger partial charge in [0.15, 0.2) is 0 Å². The molecule has 2 nitrogen and oxygen atoms in total. The first kappa shape index (κ1) is 11.7. The zero-order chi connectivity index (χ0) is 11.7. The molecule has 0 aliphatic carbocycles. The third kappa shape index (κ3) is 2.30. The molecule has 1 aromatic carbocycles. The van der Waals surface area contributed by atoms with Gasteiger partial charge in [-0.05, 0) is 32.5 Å². The van der Waals surface area contributed by atoms with Crippen molar-refractivity contribution in [3.63, 3.8) is 0 Å². The number of nitrogens with zero attached hydrogens (tertiary/aromatic N) is 1. The second-order valence-corrected chi connectivity index (χ2v) is 4.87. The van der Waals surface area contributed by atoms with Gasteiger partial charge in [0.25, 0.3) is 0 Å². The van der Waals surface area contributed by atoms with Crippen LogP contribution in [0.4, 0.5) is 10.1 Å². The zero-order valence-corrected chi connectivity index (χ0v) is 10.3. The Labute approximate surface area is 100 Å². The van der Waals surface area contributed by atoms with E-state index >= 15 is 0 Å². The van der Waals surface area contributed by atoms with E-state index in [1.54, 1.807) is 12.1 Å². The van der Waals surface area contributed by atoms with Gasteiger partial charge < -0.3 is 10.2 Å². The molecule has 1 N–H and O–H groups in total. The minimum atomic E-state index is -0.283. The first-order valence-corrected chi connectivity index (χ1v) is 5.86. The van der Waals surface area contributed by atoms with Crippen molar-refractivity contribution < 1.29 is 4.39 Å². The Hall–Kier alpha value is -0.800. The van der Waals surface area contributed by atoms with Crippen LogP contribution in [0.25, 0.3) is 0 Å². The molecule has 88 valence electrons. The smallest absolute Gasteiger partial charge is 0.147 e. The predicted molar refractivity (Wildman–Crippen MR) is 65.5 cm³/mol. The second kappa shape index (κ2) is 4.60. The fourth-order valence-corrected chi connectivity index (χ4v) is 2.36. The molecule has 4 heteroatoms. The van der Waals surface area contributed by atoms with Crippen LogP contribution in [0, 0.1) is 5.82 Å². The maximum absolute atomic E-state index is 13.5. The number of hydrogen-bond acceptors (Lipinski definition) is 2. The maximum Gasteiger partial charge on any atom is 0.147 e. The van der Waals surface area contributed by atoms with E-state index in [1.165, 1.54) is 6.07 Å². The van der Waals surface area contributed by atoms with E-state index in [-0.39, 0.29) is 11.9 Å². The minimum Gasteiger partial charge on any atom is -0.377 e. The van der Waals surface area contributed by atoms with E-state index in [1.807, 2.05) is 0 Å². The van der Waals surface area contributed by atoms with Crippen molar-refractivity contribution in [2.75, 3.05) is 18.9 Å². The molecule has 0 amide bonds. The molecule has 1 aromatic rings. The van der Waals surface area contributed by atoms with Gasteiger partial charge in [-0.25, -0.2) is 4.39 Å². The van der Waals surface area contributed by atoms with Crippen LogP contribution in [0.5, 0.6) is 0 Å². The first-order valence-electron chi connectivity index (χ1n) is 5.48. The van der Waals surface area contributed by atoms with Gasteiger partial charge in [0.05, 0.1) is 10.7 Å². The Kier molecular flexibility index (Phi) is 3.36. The molecule has 2 unspecified atom stereocenters. The molecule has 1 heterocycles. The van der Waals surface area contributed by atoms with Gasteiger partial charge in [-0.2, -0.15) is 0 Å². The summed E-state index contributed by atoms with van der Waals surface area (Å²) in [5.41, 5.74) is 0.427. The highest BCUT2D eigenvalue weighted by molar-refractivity contribution is 6.33. The third-order valence-corrected chi connectivity index (χ3v) is 3.51. The fraction of sp³-hybridized carbons (Fsp3) is 0.500. The zero-order valence-electron chi connectivity index (χ0n) is 9.50. The van der Waals surface area contributed by atoms with Crippen LogP contribution in [-0.4, -0.2) is 30.6 Å². The summed E-state index contributed by atoms with van der Waals surface area (Å²) < 4.78 is 13.5. The summed E-state index contributed by atoms with van der Waals surface area (Å²) in [5.74, 6) is -0.283. The summed E-state index contributed by atoms with van der Waals surface area (Å²) in [4.78, 5) is 2.26. The maximum atomic E-state index is 13.5. The Morgan fingerprint density at radius 2 is 2.25 bits per heavy atom. The van der Waals surface area contributed by atoms with Crippen LogP contribution >= 0.6 is 11.6 Å².